The van der Waals surface area contributed by atoms with Crippen molar-refractivity contribution in [2.75, 3.05) is 13.7 Å². The Morgan fingerprint density at radius 3 is 3.00 bits per heavy atom. The van der Waals surface area contributed by atoms with Crippen LogP contribution in [0, 0.1) is 18.3 Å². The van der Waals surface area contributed by atoms with Crippen LogP contribution in [0.15, 0.2) is 24.5 Å². The van der Waals surface area contributed by atoms with Crippen molar-refractivity contribution in [3.8, 4) is 29.4 Å². The van der Waals surface area contributed by atoms with Gasteiger partial charge in [0.05, 0.1) is 30.9 Å². The molecule has 160 valence electrons. The lowest BCUT2D eigenvalue weighted by Crippen LogP contribution is -2.28. The van der Waals surface area contributed by atoms with Crippen molar-refractivity contribution in [2.45, 2.75) is 45.7 Å². The minimum absolute atomic E-state index is 0.239. The Morgan fingerprint density at radius 1 is 1.35 bits per heavy atom. The second-order valence-corrected chi connectivity index (χ2v) is 8.49. The molecule has 1 aromatic carbocycles. The van der Waals surface area contributed by atoms with E-state index in [1.807, 2.05) is 24.5 Å². The number of rotatable bonds is 5. The number of hydrogen-bond acceptors (Lipinski definition) is 6. The molecule has 2 aliphatic heterocycles. The van der Waals surface area contributed by atoms with Gasteiger partial charge in [-0.1, -0.05) is 19.8 Å². The van der Waals surface area contributed by atoms with Gasteiger partial charge in [-0.2, -0.15) is 0 Å². The lowest BCUT2D eigenvalue weighted by Gasteiger charge is -2.15. The summed E-state index contributed by atoms with van der Waals surface area (Å²) in [6.45, 7) is 6.07. The maximum Gasteiger partial charge on any atom is 0.166 e. The van der Waals surface area contributed by atoms with Crippen LogP contribution in [0.3, 0.4) is 0 Å². The van der Waals surface area contributed by atoms with Crippen LogP contribution in [0.1, 0.15) is 49.3 Å². The molecule has 2 atom stereocenters. The van der Waals surface area contributed by atoms with E-state index >= 15 is 0 Å². The van der Waals surface area contributed by atoms with Crippen molar-refractivity contribution >= 4 is 0 Å². The molecule has 2 aliphatic rings. The number of imidazole rings is 1. The summed E-state index contributed by atoms with van der Waals surface area (Å²) in [5, 5.41) is 12.4. The predicted octanol–water partition coefficient (Wildman–Crippen LogP) is 2.65. The summed E-state index contributed by atoms with van der Waals surface area (Å²) in [6.07, 6.45) is 8.35. The second kappa shape index (κ2) is 7.93. The summed E-state index contributed by atoms with van der Waals surface area (Å²) < 4.78 is 15.7. The van der Waals surface area contributed by atoms with Gasteiger partial charge < -0.3 is 18.6 Å². The van der Waals surface area contributed by atoms with Crippen LogP contribution in [0.25, 0.3) is 17.1 Å². The van der Waals surface area contributed by atoms with Crippen LogP contribution < -0.4 is 5.32 Å². The number of benzene rings is 1. The SMILES string of the molecule is C#Cc1ccc2c(c1)-c1nnc(COC)n1Cc1c(C3N[C@H](CC(C)C)CO3)ncn1-2. The van der Waals surface area contributed by atoms with Crippen LogP contribution in [0.5, 0.6) is 0 Å². The molecular weight excluding hydrogens is 392 g/mol. The molecule has 2 aromatic heterocycles. The monoisotopic (exact) mass is 418 g/mol. The summed E-state index contributed by atoms with van der Waals surface area (Å²) in [5.74, 6) is 4.85. The van der Waals surface area contributed by atoms with E-state index in [1.165, 1.54) is 0 Å². The smallest absolute Gasteiger partial charge is 0.166 e. The van der Waals surface area contributed by atoms with Crippen molar-refractivity contribution in [1.29, 1.82) is 0 Å². The van der Waals surface area contributed by atoms with Gasteiger partial charge in [0, 0.05) is 24.3 Å². The molecule has 8 heteroatoms. The van der Waals surface area contributed by atoms with Gasteiger partial charge in [-0.15, -0.1) is 16.6 Å². The maximum absolute atomic E-state index is 6.11. The Morgan fingerprint density at radius 2 is 2.23 bits per heavy atom. The van der Waals surface area contributed by atoms with Gasteiger partial charge in [-0.05, 0) is 30.5 Å². The molecule has 0 aliphatic carbocycles. The molecule has 1 fully saturated rings. The molecule has 4 heterocycles. The largest absolute Gasteiger partial charge is 0.377 e. The van der Waals surface area contributed by atoms with E-state index in [2.05, 4.69) is 44.4 Å². The number of methoxy groups -OCH3 is 1. The minimum Gasteiger partial charge on any atom is -0.377 e. The summed E-state index contributed by atoms with van der Waals surface area (Å²) in [4.78, 5) is 4.76. The van der Waals surface area contributed by atoms with E-state index in [9.17, 15) is 0 Å². The zero-order valence-corrected chi connectivity index (χ0v) is 18.0. The molecule has 0 amide bonds. The summed E-state index contributed by atoms with van der Waals surface area (Å²) in [5.41, 5.74) is 4.62. The molecule has 3 aromatic rings. The highest BCUT2D eigenvalue weighted by Gasteiger charge is 2.33. The molecule has 0 bridgehead atoms. The van der Waals surface area contributed by atoms with Crippen LogP contribution >= 0.6 is 0 Å². The minimum atomic E-state index is -0.239. The van der Waals surface area contributed by atoms with E-state index in [-0.39, 0.29) is 6.23 Å². The molecule has 5 rings (SSSR count). The van der Waals surface area contributed by atoms with Gasteiger partial charge in [0.1, 0.15) is 12.3 Å². The van der Waals surface area contributed by atoms with Gasteiger partial charge in [-0.25, -0.2) is 4.98 Å². The van der Waals surface area contributed by atoms with E-state index in [1.54, 1.807) is 7.11 Å². The molecule has 31 heavy (non-hydrogen) atoms. The number of nitrogens with one attached hydrogen (secondary N) is 1. The van der Waals surface area contributed by atoms with Crippen molar-refractivity contribution in [3.63, 3.8) is 0 Å². The van der Waals surface area contributed by atoms with E-state index < -0.39 is 0 Å². The summed E-state index contributed by atoms with van der Waals surface area (Å²) in [7, 11) is 1.66. The Bertz CT molecular complexity index is 1160. The van der Waals surface area contributed by atoms with Crippen LogP contribution in [0.2, 0.25) is 0 Å². The lowest BCUT2D eigenvalue weighted by atomic mass is 10.1. The first-order chi connectivity index (χ1) is 15.1. The molecule has 1 saturated heterocycles. The Balaban J connectivity index is 1.61. The Labute approximate surface area is 181 Å². The quantitative estimate of drug-likeness (QED) is 0.502. The maximum atomic E-state index is 6.11. The lowest BCUT2D eigenvalue weighted by molar-refractivity contribution is 0.0964. The standard InChI is InChI=1S/C23H26N6O2/c1-5-15-6-7-18-17(9-15)22-27-26-20(12-30-4)28(22)10-19-21(24-13-29(18)19)23-25-16(11-31-23)8-14(2)3/h1,6-7,9,13-14,16,23,25H,8,10-12H2,2-4H3/t16-,23?/m1/s1. The highest BCUT2D eigenvalue weighted by Crippen LogP contribution is 2.35. The fourth-order valence-corrected chi connectivity index (χ4v) is 4.46. The number of nitrogens with zero attached hydrogens (tertiary/aromatic N) is 5. The molecule has 1 N–H and O–H groups in total. The van der Waals surface area contributed by atoms with E-state index in [0.29, 0.717) is 31.7 Å². The van der Waals surface area contributed by atoms with Crippen LogP contribution in [0.4, 0.5) is 0 Å². The zero-order valence-electron chi connectivity index (χ0n) is 18.0. The second-order valence-electron chi connectivity index (χ2n) is 8.49. The number of terminal acetylenes is 1. The van der Waals surface area contributed by atoms with Gasteiger partial charge >= 0.3 is 0 Å². The van der Waals surface area contributed by atoms with Gasteiger partial charge in [0.2, 0.25) is 0 Å². The molecular formula is C23H26N6O2. The average Bonchev–Trinajstić information content (AvgIpc) is 3.46. The van der Waals surface area contributed by atoms with Crippen molar-refractivity contribution in [2.24, 2.45) is 5.92 Å². The highest BCUT2D eigenvalue weighted by molar-refractivity contribution is 5.71. The molecule has 0 radical (unpaired) electrons. The number of aromatic nitrogens is 5. The summed E-state index contributed by atoms with van der Waals surface area (Å²) >= 11 is 0. The fourth-order valence-electron chi connectivity index (χ4n) is 4.46. The number of ether oxygens (including phenoxy) is 2. The van der Waals surface area contributed by atoms with Gasteiger partial charge in [0.25, 0.3) is 0 Å². The third kappa shape index (κ3) is 3.45. The van der Waals surface area contributed by atoms with Gasteiger partial charge in [-0.3, -0.25) is 5.32 Å². The predicted molar refractivity (Wildman–Crippen MR) is 115 cm³/mol. The van der Waals surface area contributed by atoms with Gasteiger partial charge in [0.15, 0.2) is 17.9 Å². The number of fused-ring (bicyclic) bond motifs is 5. The third-order valence-electron chi connectivity index (χ3n) is 5.83. The van der Waals surface area contributed by atoms with Crippen LogP contribution in [-0.4, -0.2) is 44.1 Å². The zero-order chi connectivity index (χ0) is 21.5. The first kappa shape index (κ1) is 19.9. The van der Waals surface area contributed by atoms with E-state index in [0.717, 1.165) is 46.3 Å². The van der Waals surface area contributed by atoms with E-state index in [4.69, 9.17) is 20.9 Å². The molecule has 1 unspecified atom stereocenters. The molecule has 8 nitrogen and oxygen atoms in total. The normalized spacial score (nSPS) is 19.6. The van der Waals surface area contributed by atoms with Crippen LogP contribution in [-0.2, 0) is 22.6 Å². The topological polar surface area (TPSA) is 79.0 Å². The molecule has 0 spiro atoms. The summed E-state index contributed by atoms with van der Waals surface area (Å²) in [6, 6.07) is 6.26. The first-order valence-electron chi connectivity index (χ1n) is 10.5. The highest BCUT2D eigenvalue weighted by atomic mass is 16.5. The third-order valence-corrected chi connectivity index (χ3v) is 5.83. The Hall–Kier alpha value is -2.99. The number of hydrogen-bond donors (Lipinski definition) is 1. The fraction of sp³-hybridized carbons (Fsp3) is 0.435. The Kier molecular flexibility index (Phi) is 5.10. The first-order valence-corrected chi connectivity index (χ1v) is 10.5. The van der Waals surface area contributed by atoms with Crippen molar-refractivity contribution < 1.29 is 9.47 Å². The van der Waals surface area contributed by atoms with Crippen molar-refractivity contribution in [3.05, 3.63) is 47.3 Å². The average molecular weight is 419 g/mol. The molecule has 0 saturated carbocycles. The van der Waals surface area contributed by atoms with Crippen molar-refractivity contribution in [1.82, 2.24) is 29.6 Å².